The van der Waals surface area contributed by atoms with Crippen LogP contribution in [0.15, 0.2) is 59.5 Å². The van der Waals surface area contributed by atoms with Crippen LogP contribution in [0.3, 0.4) is 0 Å². The number of sulfonamides is 1. The molecule has 7 heteroatoms. The molecular weight excluding hydrogens is 386 g/mol. The molecule has 1 aliphatic rings. The fourth-order valence-corrected chi connectivity index (χ4v) is 5.01. The van der Waals surface area contributed by atoms with Gasteiger partial charge >= 0.3 is 0 Å². The second-order valence-electron chi connectivity index (χ2n) is 7.33. The largest absolute Gasteiger partial charge is 0.335 e. The number of rotatable bonds is 3. The Morgan fingerprint density at radius 3 is 2.34 bits per heavy atom. The molecule has 0 saturated carbocycles. The summed E-state index contributed by atoms with van der Waals surface area (Å²) in [5, 5.41) is 0.980. The summed E-state index contributed by atoms with van der Waals surface area (Å²) in [4.78, 5) is 19.3. The molecule has 2 heterocycles. The zero-order valence-corrected chi connectivity index (χ0v) is 17.3. The number of nitrogens with zero attached hydrogens (tertiary/aromatic N) is 3. The standard InChI is InChI=1S/C22H23N3O3S/c1-16-7-9-19(15-17(16)2)29(27,28)25-13-11-24(12-14-25)22(26)21-10-8-18-5-3-4-6-20(18)23-21/h3-10,15H,11-14H2,1-2H3. The van der Waals surface area contributed by atoms with Crippen molar-refractivity contribution in [3.63, 3.8) is 0 Å². The molecule has 0 radical (unpaired) electrons. The number of carbonyl (C=O) groups excluding carboxylic acids is 1. The first-order valence-corrected chi connectivity index (χ1v) is 11.0. The maximum Gasteiger partial charge on any atom is 0.272 e. The minimum absolute atomic E-state index is 0.168. The van der Waals surface area contributed by atoms with Crippen LogP contribution in [0, 0.1) is 13.8 Å². The van der Waals surface area contributed by atoms with Crippen molar-refractivity contribution in [2.75, 3.05) is 26.2 Å². The number of fused-ring (bicyclic) bond motifs is 1. The highest BCUT2D eigenvalue weighted by Gasteiger charge is 2.31. The summed E-state index contributed by atoms with van der Waals surface area (Å²) in [6.07, 6.45) is 0. The number of para-hydroxylation sites is 1. The SMILES string of the molecule is Cc1ccc(S(=O)(=O)N2CCN(C(=O)c3ccc4ccccc4n3)CC2)cc1C. The average molecular weight is 410 g/mol. The van der Waals surface area contributed by atoms with Crippen molar-refractivity contribution in [1.82, 2.24) is 14.2 Å². The van der Waals surface area contributed by atoms with Crippen LogP contribution in [0.2, 0.25) is 0 Å². The summed E-state index contributed by atoms with van der Waals surface area (Å²) in [6, 6.07) is 16.4. The number of aryl methyl sites for hydroxylation is 2. The van der Waals surface area contributed by atoms with E-state index in [9.17, 15) is 13.2 Å². The molecule has 1 aromatic heterocycles. The Bertz CT molecular complexity index is 1180. The lowest BCUT2D eigenvalue weighted by atomic mass is 10.1. The zero-order valence-electron chi connectivity index (χ0n) is 16.5. The third-order valence-corrected chi connectivity index (χ3v) is 7.35. The maximum absolute atomic E-state index is 13.0. The molecule has 0 atom stereocenters. The molecule has 1 fully saturated rings. The van der Waals surface area contributed by atoms with Gasteiger partial charge in [-0.2, -0.15) is 4.31 Å². The Kier molecular flexibility index (Phi) is 5.10. The summed E-state index contributed by atoms with van der Waals surface area (Å²) in [5.74, 6) is -0.168. The minimum atomic E-state index is -3.56. The van der Waals surface area contributed by atoms with Crippen LogP contribution in [-0.2, 0) is 10.0 Å². The first kappa shape index (κ1) is 19.5. The van der Waals surface area contributed by atoms with Crippen LogP contribution in [0.5, 0.6) is 0 Å². The molecule has 0 spiro atoms. The normalized spacial score (nSPS) is 15.6. The Labute approximate surface area is 170 Å². The molecule has 0 bridgehead atoms. The lowest BCUT2D eigenvalue weighted by molar-refractivity contribution is 0.0692. The van der Waals surface area contributed by atoms with E-state index in [-0.39, 0.29) is 19.0 Å². The van der Waals surface area contributed by atoms with E-state index in [0.717, 1.165) is 22.0 Å². The zero-order chi connectivity index (χ0) is 20.6. The van der Waals surface area contributed by atoms with Crippen molar-refractivity contribution in [2.45, 2.75) is 18.7 Å². The van der Waals surface area contributed by atoms with Gasteiger partial charge in [-0.3, -0.25) is 4.79 Å². The Hall–Kier alpha value is -2.77. The van der Waals surface area contributed by atoms with E-state index in [2.05, 4.69) is 4.98 Å². The van der Waals surface area contributed by atoms with E-state index in [4.69, 9.17) is 0 Å². The van der Waals surface area contributed by atoms with Gasteiger partial charge in [-0.15, -0.1) is 0 Å². The highest BCUT2D eigenvalue weighted by atomic mass is 32.2. The van der Waals surface area contributed by atoms with Crippen LogP contribution in [0.25, 0.3) is 10.9 Å². The molecule has 0 unspecified atom stereocenters. The van der Waals surface area contributed by atoms with Gasteiger partial charge < -0.3 is 4.90 Å². The van der Waals surface area contributed by atoms with Gasteiger partial charge in [-0.25, -0.2) is 13.4 Å². The summed E-state index contributed by atoms with van der Waals surface area (Å²) < 4.78 is 27.4. The lowest BCUT2D eigenvalue weighted by Crippen LogP contribution is -2.50. The molecular formula is C22H23N3O3S. The van der Waals surface area contributed by atoms with Crippen molar-refractivity contribution in [3.05, 3.63) is 71.4 Å². The molecule has 2 aromatic carbocycles. The first-order chi connectivity index (χ1) is 13.9. The van der Waals surface area contributed by atoms with Gasteiger partial charge in [0.2, 0.25) is 10.0 Å². The summed E-state index contributed by atoms with van der Waals surface area (Å²) >= 11 is 0. The molecule has 6 nitrogen and oxygen atoms in total. The third-order valence-electron chi connectivity index (χ3n) is 5.46. The molecule has 3 aromatic rings. The van der Waals surface area contributed by atoms with Gasteiger partial charge in [0, 0.05) is 31.6 Å². The van der Waals surface area contributed by atoms with Crippen LogP contribution >= 0.6 is 0 Å². The number of aromatic nitrogens is 1. The smallest absolute Gasteiger partial charge is 0.272 e. The fraction of sp³-hybridized carbons (Fsp3) is 0.273. The lowest BCUT2D eigenvalue weighted by Gasteiger charge is -2.34. The monoisotopic (exact) mass is 409 g/mol. The number of benzene rings is 2. The summed E-state index contributed by atoms with van der Waals surface area (Å²) in [7, 11) is -3.56. The van der Waals surface area contributed by atoms with Crippen molar-refractivity contribution in [3.8, 4) is 0 Å². The van der Waals surface area contributed by atoms with E-state index >= 15 is 0 Å². The van der Waals surface area contributed by atoms with E-state index < -0.39 is 10.0 Å². The number of hydrogen-bond acceptors (Lipinski definition) is 4. The number of piperazine rings is 1. The molecule has 29 heavy (non-hydrogen) atoms. The third kappa shape index (κ3) is 3.75. The topological polar surface area (TPSA) is 70.6 Å². The Balaban J connectivity index is 1.48. The quantitative estimate of drug-likeness (QED) is 0.667. The van der Waals surface area contributed by atoms with E-state index in [0.29, 0.717) is 23.7 Å². The molecule has 1 saturated heterocycles. The maximum atomic E-state index is 13.0. The van der Waals surface area contributed by atoms with E-state index in [1.54, 1.807) is 23.1 Å². The van der Waals surface area contributed by atoms with Gasteiger partial charge in [-0.1, -0.05) is 30.3 Å². The fourth-order valence-electron chi connectivity index (χ4n) is 3.50. The first-order valence-electron chi connectivity index (χ1n) is 9.59. The van der Waals surface area contributed by atoms with Gasteiger partial charge in [0.05, 0.1) is 10.4 Å². The Morgan fingerprint density at radius 1 is 0.897 bits per heavy atom. The number of carbonyl (C=O) groups is 1. The van der Waals surface area contributed by atoms with Crippen molar-refractivity contribution in [1.29, 1.82) is 0 Å². The van der Waals surface area contributed by atoms with Crippen molar-refractivity contribution in [2.24, 2.45) is 0 Å². The van der Waals surface area contributed by atoms with E-state index in [1.165, 1.54) is 4.31 Å². The summed E-state index contributed by atoms with van der Waals surface area (Å²) in [5.41, 5.74) is 3.16. The summed E-state index contributed by atoms with van der Waals surface area (Å²) in [6.45, 7) is 5.09. The predicted octanol–water partition coefficient (Wildman–Crippen LogP) is 3.00. The molecule has 0 aliphatic carbocycles. The highest BCUT2D eigenvalue weighted by Crippen LogP contribution is 2.21. The van der Waals surface area contributed by atoms with Crippen molar-refractivity contribution < 1.29 is 13.2 Å². The molecule has 1 aliphatic heterocycles. The number of pyridine rings is 1. The van der Waals surface area contributed by atoms with Crippen molar-refractivity contribution >= 4 is 26.8 Å². The van der Waals surface area contributed by atoms with Gasteiger partial charge in [0.1, 0.15) is 5.69 Å². The Morgan fingerprint density at radius 2 is 1.62 bits per heavy atom. The van der Waals surface area contributed by atoms with Crippen LogP contribution in [0.4, 0.5) is 0 Å². The number of amides is 1. The van der Waals surface area contributed by atoms with Crippen LogP contribution in [-0.4, -0.2) is 54.7 Å². The van der Waals surface area contributed by atoms with Crippen LogP contribution < -0.4 is 0 Å². The average Bonchev–Trinajstić information content (AvgIpc) is 2.74. The molecule has 150 valence electrons. The predicted molar refractivity (Wildman–Crippen MR) is 112 cm³/mol. The number of hydrogen-bond donors (Lipinski definition) is 0. The van der Waals surface area contributed by atoms with Crippen LogP contribution in [0.1, 0.15) is 21.6 Å². The van der Waals surface area contributed by atoms with E-state index in [1.807, 2.05) is 50.2 Å². The van der Waals surface area contributed by atoms with Gasteiger partial charge in [-0.05, 0) is 49.2 Å². The van der Waals surface area contributed by atoms with Gasteiger partial charge in [0.15, 0.2) is 0 Å². The highest BCUT2D eigenvalue weighted by molar-refractivity contribution is 7.89. The minimum Gasteiger partial charge on any atom is -0.335 e. The molecule has 4 rings (SSSR count). The second-order valence-corrected chi connectivity index (χ2v) is 9.27. The molecule has 0 N–H and O–H groups in total. The molecule has 1 amide bonds. The second kappa shape index (κ2) is 7.57. The van der Waals surface area contributed by atoms with Gasteiger partial charge in [0.25, 0.3) is 5.91 Å².